The van der Waals surface area contributed by atoms with E-state index >= 15 is 0 Å². The standard InChI is InChI=1S/C20H25N3O3S/c1-14-22-15(13-27-14)11-19(24)23-10-8-20(25-2)7-6-16(12-17(20)23)26-18-5-3-4-9-21-18/h3-5,9,13,16-17H,6-8,10-12H2,1-2H3/t16-,17-,20+/m0/s1. The summed E-state index contributed by atoms with van der Waals surface area (Å²) in [6.07, 6.45) is 5.59. The van der Waals surface area contributed by atoms with Crippen LogP contribution in [0.1, 0.15) is 36.4 Å². The summed E-state index contributed by atoms with van der Waals surface area (Å²) in [5.74, 6) is 0.768. The predicted molar refractivity (Wildman–Crippen MR) is 103 cm³/mol. The van der Waals surface area contributed by atoms with Crippen LogP contribution in [0.25, 0.3) is 0 Å². The number of ether oxygens (including phenoxy) is 2. The van der Waals surface area contributed by atoms with Crippen LogP contribution in [0.4, 0.5) is 0 Å². The van der Waals surface area contributed by atoms with E-state index in [2.05, 4.69) is 9.97 Å². The van der Waals surface area contributed by atoms with E-state index in [9.17, 15) is 4.79 Å². The minimum atomic E-state index is -0.252. The van der Waals surface area contributed by atoms with Crippen LogP contribution in [0, 0.1) is 6.92 Å². The van der Waals surface area contributed by atoms with Crippen LogP contribution >= 0.6 is 11.3 Å². The molecule has 7 heteroatoms. The Morgan fingerprint density at radius 1 is 1.41 bits per heavy atom. The van der Waals surface area contributed by atoms with Crippen molar-refractivity contribution in [1.29, 1.82) is 0 Å². The zero-order chi connectivity index (χ0) is 18.9. The molecular weight excluding hydrogens is 362 g/mol. The lowest BCUT2D eigenvalue weighted by atomic mass is 9.79. The lowest BCUT2D eigenvalue weighted by Crippen LogP contribution is -2.54. The lowest BCUT2D eigenvalue weighted by molar-refractivity contribution is -0.138. The van der Waals surface area contributed by atoms with E-state index < -0.39 is 0 Å². The Bertz CT molecular complexity index is 797. The number of aryl methyl sites for hydroxylation is 1. The fraction of sp³-hybridized carbons (Fsp3) is 0.550. The number of rotatable bonds is 5. The molecule has 1 saturated carbocycles. The van der Waals surface area contributed by atoms with Crippen molar-refractivity contribution in [2.45, 2.75) is 56.8 Å². The minimum absolute atomic E-state index is 0.0391. The number of hydrogen-bond donors (Lipinski definition) is 0. The number of carbonyl (C=O) groups is 1. The molecule has 2 fully saturated rings. The van der Waals surface area contributed by atoms with Crippen LogP contribution in [0.3, 0.4) is 0 Å². The zero-order valence-electron chi connectivity index (χ0n) is 15.8. The second-order valence-corrected chi connectivity index (χ2v) is 8.40. The molecule has 6 nitrogen and oxygen atoms in total. The van der Waals surface area contributed by atoms with Gasteiger partial charge in [-0.2, -0.15) is 0 Å². The number of methoxy groups -OCH3 is 1. The number of thiazole rings is 1. The van der Waals surface area contributed by atoms with Crippen LogP contribution in [0.15, 0.2) is 29.8 Å². The van der Waals surface area contributed by atoms with Crippen molar-refractivity contribution >= 4 is 17.2 Å². The number of carbonyl (C=O) groups excluding carboxylic acids is 1. The van der Waals surface area contributed by atoms with Gasteiger partial charge in [0.1, 0.15) is 6.10 Å². The molecule has 1 aliphatic carbocycles. The van der Waals surface area contributed by atoms with Gasteiger partial charge < -0.3 is 14.4 Å². The molecule has 1 aliphatic heterocycles. The quantitative estimate of drug-likeness (QED) is 0.789. The highest BCUT2D eigenvalue weighted by Crippen LogP contribution is 2.43. The predicted octanol–water partition coefficient (Wildman–Crippen LogP) is 3.01. The average molecular weight is 388 g/mol. The third-order valence-corrected chi connectivity index (χ3v) is 6.61. The van der Waals surface area contributed by atoms with E-state index in [0.29, 0.717) is 12.3 Å². The van der Waals surface area contributed by atoms with Gasteiger partial charge in [-0.25, -0.2) is 9.97 Å². The normalized spacial score (nSPS) is 27.4. The molecule has 0 bridgehead atoms. The maximum atomic E-state index is 13.0. The molecule has 0 radical (unpaired) electrons. The van der Waals surface area contributed by atoms with Gasteiger partial charge in [-0.1, -0.05) is 6.07 Å². The van der Waals surface area contributed by atoms with Gasteiger partial charge in [-0.15, -0.1) is 11.3 Å². The van der Waals surface area contributed by atoms with Gasteiger partial charge >= 0.3 is 0 Å². The SMILES string of the molecule is CO[C@@]12CC[C@H](Oc3ccccn3)C[C@@H]1N(C(=O)Cc1csc(C)n1)CC2. The summed E-state index contributed by atoms with van der Waals surface area (Å²) in [7, 11) is 1.77. The fourth-order valence-corrected chi connectivity index (χ4v) is 5.01. The molecule has 2 aliphatic rings. The summed E-state index contributed by atoms with van der Waals surface area (Å²) < 4.78 is 12.0. The Morgan fingerprint density at radius 2 is 2.30 bits per heavy atom. The first-order chi connectivity index (χ1) is 13.1. The zero-order valence-corrected chi connectivity index (χ0v) is 16.6. The molecule has 4 rings (SSSR count). The summed E-state index contributed by atoms with van der Waals surface area (Å²) in [6, 6.07) is 5.71. The molecule has 1 amide bonds. The number of hydrogen-bond acceptors (Lipinski definition) is 6. The molecule has 1 saturated heterocycles. The van der Waals surface area contributed by atoms with Gasteiger partial charge in [0.05, 0.1) is 28.8 Å². The largest absolute Gasteiger partial charge is 0.474 e. The van der Waals surface area contributed by atoms with Crippen molar-refractivity contribution in [2.75, 3.05) is 13.7 Å². The highest BCUT2D eigenvalue weighted by Gasteiger charge is 2.52. The van der Waals surface area contributed by atoms with E-state index in [1.54, 1.807) is 24.6 Å². The Morgan fingerprint density at radius 3 is 3.00 bits per heavy atom. The first kappa shape index (κ1) is 18.4. The van der Waals surface area contributed by atoms with Crippen molar-refractivity contribution in [1.82, 2.24) is 14.9 Å². The fourth-order valence-electron chi connectivity index (χ4n) is 4.40. The molecule has 0 unspecified atom stereocenters. The lowest BCUT2D eigenvalue weighted by Gasteiger charge is -2.43. The van der Waals surface area contributed by atoms with Crippen molar-refractivity contribution in [3.05, 3.63) is 40.5 Å². The summed E-state index contributed by atoms with van der Waals surface area (Å²) in [5, 5.41) is 2.97. The Hall–Kier alpha value is -1.99. The van der Waals surface area contributed by atoms with E-state index in [0.717, 1.165) is 42.9 Å². The molecule has 0 spiro atoms. The van der Waals surface area contributed by atoms with Gasteiger partial charge in [0.15, 0.2) is 0 Å². The molecule has 3 atom stereocenters. The van der Waals surface area contributed by atoms with Crippen LogP contribution in [0.2, 0.25) is 0 Å². The maximum absolute atomic E-state index is 13.0. The summed E-state index contributed by atoms with van der Waals surface area (Å²) in [5.41, 5.74) is 0.604. The van der Waals surface area contributed by atoms with E-state index in [1.165, 1.54) is 0 Å². The van der Waals surface area contributed by atoms with Crippen molar-refractivity contribution < 1.29 is 14.3 Å². The third-order valence-electron chi connectivity index (χ3n) is 5.79. The van der Waals surface area contributed by atoms with E-state index in [1.807, 2.05) is 35.4 Å². The Kier molecular flexibility index (Phi) is 5.14. The van der Waals surface area contributed by atoms with Crippen molar-refractivity contribution in [3.8, 4) is 5.88 Å². The van der Waals surface area contributed by atoms with Gasteiger partial charge in [-0.3, -0.25) is 4.79 Å². The van der Waals surface area contributed by atoms with E-state index in [4.69, 9.17) is 9.47 Å². The van der Waals surface area contributed by atoms with Crippen molar-refractivity contribution in [2.24, 2.45) is 0 Å². The molecule has 0 aromatic carbocycles. The maximum Gasteiger partial charge on any atom is 0.228 e. The average Bonchev–Trinajstić information content (AvgIpc) is 3.26. The second-order valence-electron chi connectivity index (χ2n) is 7.34. The second kappa shape index (κ2) is 7.56. The monoisotopic (exact) mass is 387 g/mol. The first-order valence-electron chi connectivity index (χ1n) is 9.43. The number of pyridine rings is 1. The molecule has 144 valence electrons. The Balaban J connectivity index is 1.48. The van der Waals surface area contributed by atoms with Crippen LogP contribution in [0.5, 0.6) is 5.88 Å². The summed E-state index contributed by atoms with van der Waals surface area (Å²) in [4.78, 5) is 23.7. The topological polar surface area (TPSA) is 64.6 Å². The third kappa shape index (κ3) is 3.71. The van der Waals surface area contributed by atoms with E-state index in [-0.39, 0.29) is 23.7 Å². The smallest absolute Gasteiger partial charge is 0.228 e. The number of fused-ring (bicyclic) bond motifs is 1. The number of likely N-dealkylation sites (tertiary alicyclic amines) is 1. The van der Waals surface area contributed by atoms with Gasteiger partial charge in [-0.05, 0) is 32.3 Å². The number of amides is 1. The van der Waals surface area contributed by atoms with Crippen LogP contribution in [-0.2, 0) is 16.0 Å². The van der Waals surface area contributed by atoms with Crippen LogP contribution in [-0.4, -0.2) is 52.2 Å². The van der Waals surface area contributed by atoms with Crippen LogP contribution < -0.4 is 4.74 Å². The van der Waals surface area contributed by atoms with Gasteiger partial charge in [0.25, 0.3) is 0 Å². The summed E-state index contributed by atoms with van der Waals surface area (Å²) >= 11 is 1.58. The highest BCUT2D eigenvalue weighted by atomic mass is 32.1. The summed E-state index contributed by atoms with van der Waals surface area (Å²) in [6.45, 7) is 2.70. The number of aromatic nitrogens is 2. The molecular formula is C20H25N3O3S. The molecule has 2 aromatic heterocycles. The van der Waals surface area contributed by atoms with Gasteiger partial charge in [0, 0.05) is 37.7 Å². The molecule has 3 heterocycles. The number of nitrogens with zero attached hydrogens (tertiary/aromatic N) is 3. The Labute approximate surface area is 163 Å². The molecule has 2 aromatic rings. The first-order valence-corrected chi connectivity index (χ1v) is 10.3. The minimum Gasteiger partial charge on any atom is -0.474 e. The highest BCUT2D eigenvalue weighted by molar-refractivity contribution is 7.09. The molecule has 27 heavy (non-hydrogen) atoms. The molecule has 0 N–H and O–H groups in total. The van der Waals surface area contributed by atoms with Crippen molar-refractivity contribution in [3.63, 3.8) is 0 Å². The van der Waals surface area contributed by atoms with Gasteiger partial charge in [0.2, 0.25) is 11.8 Å².